The number of hydrogen-bond acceptors (Lipinski definition) is 4. The Hall–Kier alpha value is -1.40. The van der Waals surface area contributed by atoms with Gasteiger partial charge >= 0.3 is 0 Å². The minimum absolute atomic E-state index is 0.0507. The van der Waals surface area contributed by atoms with Gasteiger partial charge in [-0.2, -0.15) is 0 Å². The maximum absolute atomic E-state index is 11.9. The molecule has 0 saturated heterocycles. The Morgan fingerprint density at radius 2 is 2.05 bits per heavy atom. The van der Waals surface area contributed by atoms with Crippen molar-refractivity contribution in [3.63, 3.8) is 0 Å². The molecule has 1 heterocycles. The molecule has 1 aromatic carbocycles. The van der Waals surface area contributed by atoms with Crippen LogP contribution in [0.3, 0.4) is 0 Å². The number of benzene rings is 1. The number of carbonyl (C=O) groups is 1. The highest BCUT2D eigenvalue weighted by molar-refractivity contribution is 7.92. The summed E-state index contributed by atoms with van der Waals surface area (Å²) < 4.78 is 25.3. The molecule has 1 aromatic rings. The van der Waals surface area contributed by atoms with E-state index in [1.54, 1.807) is 6.92 Å². The van der Waals surface area contributed by atoms with Crippen molar-refractivity contribution >= 4 is 21.5 Å². The lowest BCUT2D eigenvalue weighted by Crippen LogP contribution is -2.51. The van der Waals surface area contributed by atoms with Crippen LogP contribution >= 0.6 is 0 Å². The predicted molar refractivity (Wildman–Crippen MR) is 79.4 cm³/mol. The van der Waals surface area contributed by atoms with Crippen LogP contribution in [0, 0.1) is 0 Å². The topological polar surface area (TPSA) is 66.5 Å². The molecule has 0 aromatic heterocycles. The second kappa shape index (κ2) is 5.54. The Morgan fingerprint density at radius 3 is 2.65 bits per heavy atom. The zero-order valence-electron chi connectivity index (χ0n) is 12.0. The molecule has 0 aliphatic carbocycles. The van der Waals surface area contributed by atoms with Gasteiger partial charge in [-0.15, -0.1) is 0 Å². The molecule has 1 unspecified atom stereocenters. The van der Waals surface area contributed by atoms with E-state index < -0.39 is 10.0 Å². The first kappa shape index (κ1) is 15.0. The molecular weight excluding hydrogens is 276 g/mol. The van der Waals surface area contributed by atoms with Gasteiger partial charge in [0.1, 0.15) is 5.78 Å². The van der Waals surface area contributed by atoms with Crippen LogP contribution in [0.4, 0.5) is 5.69 Å². The lowest BCUT2D eigenvalue weighted by molar-refractivity contribution is -0.118. The summed E-state index contributed by atoms with van der Waals surface area (Å²) in [5.74, 6) is 0.0507. The van der Waals surface area contributed by atoms with Gasteiger partial charge in [0, 0.05) is 12.6 Å². The van der Waals surface area contributed by atoms with E-state index in [9.17, 15) is 13.2 Å². The monoisotopic (exact) mass is 296 g/mol. The highest BCUT2D eigenvalue weighted by atomic mass is 32.2. The SMILES string of the molecule is CC(=O)C(C)N[C@@H]1Cc2ccccc2N(S(C)(=O)=O)C1. The third kappa shape index (κ3) is 3.19. The molecule has 0 radical (unpaired) electrons. The van der Waals surface area contributed by atoms with Crippen molar-refractivity contribution in [3.8, 4) is 0 Å². The van der Waals surface area contributed by atoms with Crippen LogP contribution in [0.15, 0.2) is 24.3 Å². The third-order valence-corrected chi connectivity index (χ3v) is 4.76. The number of anilines is 1. The number of nitrogens with zero attached hydrogens (tertiary/aromatic N) is 1. The maximum atomic E-state index is 11.9. The fourth-order valence-corrected chi connectivity index (χ4v) is 3.44. The molecule has 6 heteroatoms. The molecule has 1 aliphatic rings. The molecule has 1 aliphatic heterocycles. The lowest BCUT2D eigenvalue weighted by atomic mass is 9.99. The molecule has 0 spiro atoms. The first-order chi connectivity index (χ1) is 9.29. The molecule has 1 N–H and O–H groups in total. The van der Waals surface area contributed by atoms with Crippen molar-refractivity contribution in [2.45, 2.75) is 32.4 Å². The van der Waals surface area contributed by atoms with Crippen LogP contribution in [-0.4, -0.2) is 39.1 Å². The highest BCUT2D eigenvalue weighted by Gasteiger charge is 2.30. The Labute approximate surface area is 120 Å². The zero-order valence-corrected chi connectivity index (χ0v) is 12.8. The van der Waals surface area contributed by atoms with Gasteiger partial charge < -0.3 is 5.32 Å². The minimum atomic E-state index is -3.32. The number of para-hydroxylation sites is 1. The molecule has 2 rings (SSSR count). The summed E-state index contributed by atoms with van der Waals surface area (Å²) in [4.78, 5) is 11.3. The third-order valence-electron chi connectivity index (χ3n) is 3.61. The summed E-state index contributed by atoms with van der Waals surface area (Å²) in [6.45, 7) is 3.68. The molecule has 0 saturated carbocycles. The van der Waals surface area contributed by atoms with Gasteiger partial charge in [0.05, 0.1) is 18.0 Å². The van der Waals surface area contributed by atoms with Crippen LogP contribution in [0.1, 0.15) is 19.4 Å². The molecule has 0 fully saturated rings. The number of hydrogen-bond donors (Lipinski definition) is 1. The number of fused-ring (bicyclic) bond motifs is 1. The lowest BCUT2D eigenvalue weighted by Gasteiger charge is -2.35. The molecule has 110 valence electrons. The van der Waals surface area contributed by atoms with Crippen molar-refractivity contribution < 1.29 is 13.2 Å². The van der Waals surface area contributed by atoms with Gasteiger partial charge in [-0.25, -0.2) is 8.42 Å². The molecule has 0 amide bonds. The Morgan fingerprint density at radius 1 is 1.40 bits per heavy atom. The quantitative estimate of drug-likeness (QED) is 0.898. The summed E-state index contributed by atoms with van der Waals surface area (Å²) in [6, 6.07) is 7.16. The van der Waals surface area contributed by atoms with Gasteiger partial charge in [-0.05, 0) is 31.9 Å². The van der Waals surface area contributed by atoms with Crippen molar-refractivity contribution in [2.75, 3.05) is 17.1 Å². The average molecular weight is 296 g/mol. The van der Waals surface area contributed by atoms with Gasteiger partial charge in [-0.3, -0.25) is 9.10 Å². The molecular formula is C14H20N2O3S. The van der Waals surface area contributed by atoms with Crippen molar-refractivity contribution in [1.29, 1.82) is 0 Å². The van der Waals surface area contributed by atoms with E-state index in [2.05, 4.69) is 5.32 Å². The highest BCUT2D eigenvalue weighted by Crippen LogP contribution is 2.28. The second-order valence-electron chi connectivity index (χ2n) is 5.32. The Bertz CT molecular complexity index is 613. The van der Waals surface area contributed by atoms with E-state index >= 15 is 0 Å². The normalized spacial score (nSPS) is 20.4. The summed E-state index contributed by atoms with van der Waals surface area (Å²) in [5.41, 5.74) is 1.72. The largest absolute Gasteiger partial charge is 0.303 e. The standard InChI is InChI=1S/C14H20N2O3S/c1-10(11(2)17)15-13-8-12-6-4-5-7-14(12)16(9-13)20(3,18)19/h4-7,10,13,15H,8-9H2,1-3H3/t10?,13-/m1/s1. The maximum Gasteiger partial charge on any atom is 0.232 e. The Kier molecular flexibility index (Phi) is 4.15. The predicted octanol–water partition coefficient (Wildman–Crippen LogP) is 0.944. The van der Waals surface area contributed by atoms with Crippen LogP contribution in [0.25, 0.3) is 0 Å². The van der Waals surface area contributed by atoms with Crippen LogP contribution in [-0.2, 0) is 21.2 Å². The molecule has 0 bridgehead atoms. The second-order valence-corrected chi connectivity index (χ2v) is 7.23. The Balaban J connectivity index is 2.29. The van der Waals surface area contributed by atoms with E-state index in [1.165, 1.54) is 17.5 Å². The minimum Gasteiger partial charge on any atom is -0.303 e. The van der Waals surface area contributed by atoms with Crippen LogP contribution in [0.2, 0.25) is 0 Å². The number of ketones is 1. The number of nitrogens with one attached hydrogen (secondary N) is 1. The average Bonchev–Trinajstić information content (AvgIpc) is 2.36. The van der Waals surface area contributed by atoms with E-state index in [0.29, 0.717) is 6.54 Å². The smallest absolute Gasteiger partial charge is 0.232 e. The van der Waals surface area contributed by atoms with Crippen molar-refractivity contribution in [3.05, 3.63) is 29.8 Å². The van der Waals surface area contributed by atoms with Gasteiger partial charge in [0.25, 0.3) is 0 Å². The molecule has 2 atom stereocenters. The van der Waals surface area contributed by atoms with Crippen molar-refractivity contribution in [1.82, 2.24) is 5.32 Å². The fourth-order valence-electron chi connectivity index (χ4n) is 2.45. The van der Waals surface area contributed by atoms with E-state index in [1.807, 2.05) is 24.3 Å². The summed E-state index contributed by atoms with van der Waals surface area (Å²) in [6.07, 6.45) is 1.93. The van der Waals surface area contributed by atoms with Crippen LogP contribution < -0.4 is 9.62 Å². The van der Waals surface area contributed by atoms with Crippen LogP contribution in [0.5, 0.6) is 0 Å². The summed E-state index contributed by atoms with van der Waals surface area (Å²) in [7, 11) is -3.32. The van der Waals surface area contributed by atoms with E-state index in [-0.39, 0.29) is 17.9 Å². The first-order valence-electron chi connectivity index (χ1n) is 6.61. The number of rotatable bonds is 4. The van der Waals surface area contributed by atoms with Gasteiger partial charge in [0.15, 0.2) is 0 Å². The zero-order chi connectivity index (χ0) is 14.9. The summed E-state index contributed by atoms with van der Waals surface area (Å²) in [5, 5.41) is 3.21. The molecule has 5 nitrogen and oxygen atoms in total. The van der Waals surface area contributed by atoms with E-state index in [4.69, 9.17) is 0 Å². The van der Waals surface area contributed by atoms with Gasteiger partial charge in [-0.1, -0.05) is 18.2 Å². The number of carbonyl (C=O) groups excluding carboxylic acids is 1. The van der Waals surface area contributed by atoms with Crippen molar-refractivity contribution in [2.24, 2.45) is 0 Å². The van der Waals surface area contributed by atoms with Gasteiger partial charge in [0.2, 0.25) is 10.0 Å². The first-order valence-corrected chi connectivity index (χ1v) is 8.46. The molecule has 20 heavy (non-hydrogen) atoms. The number of Topliss-reactive ketones (excluding diaryl/α,β-unsaturated/α-hetero) is 1. The summed E-state index contributed by atoms with van der Waals surface area (Å²) >= 11 is 0. The van der Waals surface area contributed by atoms with E-state index in [0.717, 1.165) is 17.7 Å². The number of sulfonamides is 1. The fraction of sp³-hybridized carbons (Fsp3) is 0.500.